The lowest BCUT2D eigenvalue weighted by molar-refractivity contribution is 0.510. The van der Waals surface area contributed by atoms with Gasteiger partial charge in [-0.15, -0.1) is 5.10 Å². The van der Waals surface area contributed by atoms with Crippen molar-refractivity contribution in [3.63, 3.8) is 0 Å². The number of fused-ring (bicyclic) bond motifs is 1. The predicted molar refractivity (Wildman–Crippen MR) is 76.3 cm³/mol. The highest BCUT2D eigenvalue weighted by molar-refractivity contribution is 7.90. The molecule has 0 aliphatic carbocycles. The summed E-state index contributed by atoms with van der Waals surface area (Å²) in [5.74, 6) is -0.967. The second kappa shape index (κ2) is 5.50. The molecule has 1 aliphatic heterocycles. The quantitative estimate of drug-likeness (QED) is 0.621. The van der Waals surface area contributed by atoms with E-state index in [-0.39, 0.29) is 22.4 Å². The third-order valence-electron chi connectivity index (χ3n) is 2.89. The van der Waals surface area contributed by atoms with Gasteiger partial charge in [-0.1, -0.05) is 0 Å². The molecule has 1 unspecified atom stereocenters. The molecule has 2 aromatic rings. The maximum Gasteiger partial charge on any atom is 0.344 e. The maximum absolute atomic E-state index is 13.8. The van der Waals surface area contributed by atoms with Crippen molar-refractivity contribution in [3.05, 3.63) is 41.6 Å². The van der Waals surface area contributed by atoms with Gasteiger partial charge in [-0.25, -0.2) is 13.8 Å². The van der Waals surface area contributed by atoms with E-state index >= 15 is 0 Å². The minimum absolute atomic E-state index is 0.0158. The largest absolute Gasteiger partial charge is 0.609 e. The van der Waals surface area contributed by atoms with Crippen molar-refractivity contribution >= 4 is 22.9 Å². The molecule has 0 fully saturated rings. The number of ether oxygens (including phenoxy) is 1. The number of anilines is 1. The van der Waals surface area contributed by atoms with Gasteiger partial charge in [-0.05, 0) is 12.1 Å². The van der Waals surface area contributed by atoms with Crippen molar-refractivity contribution in [2.24, 2.45) is 5.10 Å². The van der Waals surface area contributed by atoms with Crippen molar-refractivity contribution < 1.29 is 18.1 Å². The summed E-state index contributed by atoms with van der Waals surface area (Å²) in [6, 6.07) is 3.09. The molecule has 0 saturated carbocycles. The molecule has 0 saturated heterocycles. The molecule has 9 heteroatoms. The van der Waals surface area contributed by atoms with Gasteiger partial charge in [0, 0.05) is 24.3 Å². The maximum atomic E-state index is 13.8. The van der Waals surface area contributed by atoms with E-state index in [0.717, 1.165) is 12.1 Å². The van der Waals surface area contributed by atoms with Gasteiger partial charge in [0.25, 0.3) is 0 Å². The van der Waals surface area contributed by atoms with E-state index in [9.17, 15) is 13.3 Å². The summed E-state index contributed by atoms with van der Waals surface area (Å²) in [6.45, 7) is 0. The fraction of sp³-hybridized carbons (Fsp3) is 0.154. The van der Waals surface area contributed by atoms with Gasteiger partial charge < -0.3 is 9.29 Å². The van der Waals surface area contributed by atoms with Gasteiger partial charge in [0.1, 0.15) is 17.9 Å². The first-order valence-electron chi connectivity index (χ1n) is 6.12. The number of aromatic nitrogens is 2. The van der Waals surface area contributed by atoms with E-state index < -0.39 is 22.8 Å². The zero-order chi connectivity index (χ0) is 15.9. The number of halogens is 2. The first-order chi connectivity index (χ1) is 10.5. The van der Waals surface area contributed by atoms with Crippen molar-refractivity contribution in [1.82, 2.24) is 9.97 Å². The monoisotopic (exact) mass is 324 g/mol. The molecule has 1 aromatic carbocycles. The summed E-state index contributed by atoms with van der Waals surface area (Å²) < 4.78 is 43.7. The molecule has 22 heavy (non-hydrogen) atoms. The zero-order valence-corrected chi connectivity index (χ0v) is 12.4. The molecule has 0 bridgehead atoms. The number of hydrogen-bond donors (Lipinski definition) is 0. The molecule has 0 spiro atoms. The van der Waals surface area contributed by atoms with E-state index in [4.69, 9.17) is 4.74 Å². The highest BCUT2D eigenvalue weighted by Gasteiger charge is 2.25. The molecule has 6 nitrogen and oxygen atoms in total. The first kappa shape index (κ1) is 14.7. The number of nitrogens with zero attached hydrogens (tertiary/aromatic N) is 4. The van der Waals surface area contributed by atoms with Crippen LogP contribution in [0.15, 0.2) is 34.7 Å². The van der Waals surface area contributed by atoms with Crippen LogP contribution >= 0.6 is 0 Å². The van der Waals surface area contributed by atoms with Crippen LogP contribution in [0.1, 0.15) is 5.56 Å². The van der Waals surface area contributed by atoms with Gasteiger partial charge in [0.15, 0.2) is 5.75 Å². The Morgan fingerprint density at radius 2 is 2.09 bits per heavy atom. The average molecular weight is 324 g/mol. The van der Waals surface area contributed by atoms with Crippen molar-refractivity contribution in [2.75, 3.05) is 18.3 Å². The van der Waals surface area contributed by atoms with E-state index in [2.05, 4.69) is 15.1 Å². The highest BCUT2D eigenvalue weighted by Crippen LogP contribution is 2.30. The van der Waals surface area contributed by atoms with E-state index in [0.29, 0.717) is 5.82 Å². The van der Waals surface area contributed by atoms with Crippen molar-refractivity contribution in [1.29, 1.82) is 0 Å². The molecule has 1 aliphatic rings. The fourth-order valence-corrected chi connectivity index (χ4v) is 2.28. The van der Waals surface area contributed by atoms with Crippen LogP contribution in [0.25, 0.3) is 0 Å². The normalized spacial score (nSPS) is 15.0. The summed E-state index contributed by atoms with van der Waals surface area (Å²) >= 11 is -1.35. The smallest absolute Gasteiger partial charge is 0.344 e. The van der Waals surface area contributed by atoms with Gasteiger partial charge in [0.05, 0.1) is 11.8 Å². The lowest BCUT2D eigenvalue weighted by Gasteiger charge is -2.23. The topological polar surface area (TPSA) is 73.7 Å². The van der Waals surface area contributed by atoms with Crippen LogP contribution in [0.3, 0.4) is 0 Å². The SMILES string of the molecule is CN1N=C(c2ccc(F)cc2F)Oc2cnc([S+](C)[O-])nc21. The van der Waals surface area contributed by atoms with Gasteiger partial charge >= 0.3 is 5.16 Å². The van der Waals surface area contributed by atoms with E-state index in [1.54, 1.807) is 7.05 Å². The number of benzene rings is 1. The molecule has 3 rings (SSSR count). The molecule has 0 radical (unpaired) electrons. The molecule has 1 aromatic heterocycles. The number of hydrogen-bond acceptors (Lipinski definition) is 6. The molecular weight excluding hydrogens is 314 g/mol. The zero-order valence-electron chi connectivity index (χ0n) is 11.6. The second-order valence-corrected chi connectivity index (χ2v) is 5.72. The van der Waals surface area contributed by atoms with Crippen LogP contribution in [-0.4, -0.2) is 33.7 Å². The lowest BCUT2D eigenvalue weighted by atomic mass is 10.2. The van der Waals surface area contributed by atoms with Gasteiger partial charge in [0.2, 0.25) is 11.7 Å². The summed E-state index contributed by atoms with van der Waals surface area (Å²) in [6.07, 6.45) is 2.79. The van der Waals surface area contributed by atoms with Crippen molar-refractivity contribution in [2.45, 2.75) is 5.16 Å². The minimum Gasteiger partial charge on any atom is -0.609 e. The average Bonchev–Trinajstić information content (AvgIpc) is 2.46. The minimum atomic E-state index is -1.35. The van der Waals surface area contributed by atoms with Crippen LogP contribution in [-0.2, 0) is 11.2 Å². The molecule has 0 N–H and O–H groups in total. The third-order valence-corrected chi connectivity index (χ3v) is 3.60. The summed E-state index contributed by atoms with van der Waals surface area (Å²) in [5.41, 5.74) is 0.0158. The lowest BCUT2D eigenvalue weighted by Crippen LogP contribution is -2.27. The molecule has 1 atom stereocenters. The Bertz CT molecular complexity index is 770. The van der Waals surface area contributed by atoms with Gasteiger partial charge in [-0.3, -0.25) is 0 Å². The highest BCUT2D eigenvalue weighted by atomic mass is 32.2. The Balaban J connectivity index is 2.00. The molecule has 114 valence electrons. The summed E-state index contributed by atoms with van der Waals surface area (Å²) in [7, 11) is 1.58. The third kappa shape index (κ3) is 2.60. The van der Waals surface area contributed by atoms with Crippen molar-refractivity contribution in [3.8, 4) is 5.75 Å². The Morgan fingerprint density at radius 1 is 1.32 bits per heavy atom. The van der Waals surface area contributed by atoms with Crippen LogP contribution in [0.4, 0.5) is 14.6 Å². The molecule has 2 heterocycles. The summed E-state index contributed by atoms with van der Waals surface area (Å²) in [4.78, 5) is 8.01. The Kier molecular flexibility index (Phi) is 3.67. The standard InChI is InChI=1S/C13H10F2N4O2S/c1-19-11-10(6-16-13(17-11)22(2)20)21-12(18-19)8-4-3-7(14)5-9(8)15/h3-6H,1-2H3. The summed E-state index contributed by atoms with van der Waals surface area (Å²) in [5, 5.41) is 5.56. The predicted octanol–water partition coefficient (Wildman–Crippen LogP) is 1.68. The van der Waals surface area contributed by atoms with Crippen LogP contribution in [0, 0.1) is 11.6 Å². The second-order valence-electron chi connectivity index (χ2n) is 4.45. The van der Waals surface area contributed by atoms with Gasteiger partial charge in [-0.2, -0.15) is 9.97 Å². The van der Waals surface area contributed by atoms with Crippen LogP contribution in [0.5, 0.6) is 5.75 Å². The van der Waals surface area contributed by atoms with Crippen LogP contribution in [0.2, 0.25) is 0 Å². The fourth-order valence-electron chi connectivity index (χ4n) is 1.87. The number of rotatable bonds is 2. The number of hydrazone groups is 1. The Hall–Kier alpha value is -2.26. The van der Waals surface area contributed by atoms with Crippen LogP contribution < -0.4 is 9.75 Å². The van der Waals surface area contributed by atoms with E-state index in [1.807, 2.05) is 0 Å². The molecule has 0 amide bonds. The molecular formula is C13H10F2N4O2S. The Labute approximate surface area is 127 Å². The Morgan fingerprint density at radius 3 is 2.77 bits per heavy atom. The van der Waals surface area contributed by atoms with E-state index in [1.165, 1.54) is 23.5 Å². The first-order valence-corrected chi connectivity index (χ1v) is 7.67.